The summed E-state index contributed by atoms with van der Waals surface area (Å²) in [6, 6.07) is 13.6. The van der Waals surface area contributed by atoms with Crippen molar-refractivity contribution >= 4 is 11.7 Å². The third-order valence-electron chi connectivity index (χ3n) is 2.79. The molecule has 0 aliphatic carbocycles. The minimum atomic E-state index is -1.11. The first kappa shape index (κ1) is 13.4. The Labute approximate surface area is 115 Å². The molecule has 5 nitrogen and oxygen atoms in total. The molecule has 0 unspecified atom stereocenters. The van der Waals surface area contributed by atoms with Gasteiger partial charge in [0, 0.05) is 11.3 Å². The van der Waals surface area contributed by atoms with Gasteiger partial charge in [-0.15, -0.1) is 0 Å². The van der Waals surface area contributed by atoms with Crippen molar-refractivity contribution in [2.24, 2.45) is 0 Å². The van der Waals surface area contributed by atoms with E-state index in [4.69, 9.17) is 20.8 Å². The predicted octanol–water partition coefficient (Wildman–Crippen LogP) is 2.42. The molecule has 0 bridgehead atoms. The van der Waals surface area contributed by atoms with Crippen LogP contribution in [0.1, 0.15) is 21.5 Å². The van der Waals surface area contributed by atoms with Crippen LogP contribution >= 0.6 is 0 Å². The van der Waals surface area contributed by atoms with E-state index in [1.165, 1.54) is 12.1 Å². The molecule has 3 N–H and O–H groups in total. The highest BCUT2D eigenvalue weighted by Crippen LogP contribution is 2.21. The fourth-order valence-electron chi connectivity index (χ4n) is 1.73. The molecule has 0 saturated carbocycles. The molecule has 0 radical (unpaired) electrons. The summed E-state index contributed by atoms with van der Waals surface area (Å²) >= 11 is 0. The molecule has 100 valence electrons. The van der Waals surface area contributed by atoms with Gasteiger partial charge in [0.1, 0.15) is 12.4 Å². The number of anilines is 1. The molecule has 0 aliphatic heterocycles. The highest BCUT2D eigenvalue weighted by atomic mass is 16.5. The molecule has 0 saturated heterocycles. The highest BCUT2D eigenvalue weighted by Gasteiger charge is 2.09. The predicted molar refractivity (Wildman–Crippen MR) is 73.3 cm³/mol. The van der Waals surface area contributed by atoms with E-state index < -0.39 is 5.97 Å². The van der Waals surface area contributed by atoms with E-state index in [-0.39, 0.29) is 17.9 Å². The van der Waals surface area contributed by atoms with E-state index >= 15 is 0 Å². The van der Waals surface area contributed by atoms with Crippen molar-refractivity contribution in [2.75, 3.05) is 5.73 Å². The molecule has 0 spiro atoms. The Bertz CT molecular complexity index is 690. The number of hydrogen-bond donors (Lipinski definition) is 2. The van der Waals surface area contributed by atoms with Crippen LogP contribution in [0, 0.1) is 11.3 Å². The number of nitriles is 1. The monoisotopic (exact) mass is 268 g/mol. The Morgan fingerprint density at radius 1 is 1.30 bits per heavy atom. The third-order valence-corrected chi connectivity index (χ3v) is 2.79. The van der Waals surface area contributed by atoms with Gasteiger partial charge >= 0.3 is 5.97 Å². The SMILES string of the molecule is N#Cc1ccccc1COc1ccc(N)c(C(=O)O)c1. The second-order valence-corrected chi connectivity index (χ2v) is 4.11. The van der Waals surface area contributed by atoms with Gasteiger partial charge in [-0.2, -0.15) is 5.26 Å². The lowest BCUT2D eigenvalue weighted by Crippen LogP contribution is -2.04. The van der Waals surface area contributed by atoms with Crippen LogP contribution in [-0.4, -0.2) is 11.1 Å². The first-order valence-corrected chi connectivity index (χ1v) is 5.85. The minimum absolute atomic E-state index is 0.00364. The van der Waals surface area contributed by atoms with Gasteiger partial charge < -0.3 is 15.6 Å². The molecule has 20 heavy (non-hydrogen) atoms. The summed E-state index contributed by atoms with van der Waals surface area (Å²) in [6.07, 6.45) is 0. The maximum absolute atomic E-state index is 11.0. The number of carboxylic acid groups (broad SMARTS) is 1. The molecule has 0 heterocycles. The number of nitrogen functional groups attached to an aromatic ring is 1. The number of nitrogens with two attached hydrogens (primary N) is 1. The summed E-state index contributed by atoms with van der Waals surface area (Å²) in [5, 5.41) is 17.9. The second kappa shape index (κ2) is 5.76. The van der Waals surface area contributed by atoms with Crippen LogP contribution in [0.4, 0.5) is 5.69 Å². The summed E-state index contributed by atoms with van der Waals surface area (Å²) in [6.45, 7) is 0.187. The molecule has 0 atom stereocenters. The number of ether oxygens (including phenoxy) is 1. The van der Waals surface area contributed by atoms with Gasteiger partial charge in [-0.05, 0) is 24.3 Å². The lowest BCUT2D eigenvalue weighted by molar-refractivity contribution is 0.0697. The summed E-state index contributed by atoms with van der Waals surface area (Å²) < 4.78 is 5.51. The molecular weight excluding hydrogens is 256 g/mol. The number of hydrogen-bond acceptors (Lipinski definition) is 4. The zero-order valence-corrected chi connectivity index (χ0v) is 10.5. The van der Waals surface area contributed by atoms with Crippen LogP contribution in [0.5, 0.6) is 5.75 Å². The van der Waals surface area contributed by atoms with E-state index in [1.807, 2.05) is 6.07 Å². The molecule has 0 aliphatic rings. The van der Waals surface area contributed by atoms with Crippen molar-refractivity contribution in [1.29, 1.82) is 5.26 Å². The van der Waals surface area contributed by atoms with E-state index in [0.29, 0.717) is 11.3 Å². The van der Waals surface area contributed by atoms with Gasteiger partial charge in [-0.25, -0.2) is 4.79 Å². The smallest absolute Gasteiger partial charge is 0.337 e. The van der Waals surface area contributed by atoms with Crippen LogP contribution in [0.15, 0.2) is 42.5 Å². The second-order valence-electron chi connectivity index (χ2n) is 4.11. The number of carboxylic acids is 1. The average Bonchev–Trinajstić information content (AvgIpc) is 2.46. The molecule has 5 heteroatoms. The minimum Gasteiger partial charge on any atom is -0.489 e. The third kappa shape index (κ3) is 2.87. The fraction of sp³-hybridized carbons (Fsp3) is 0.0667. The van der Waals surface area contributed by atoms with Crippen LogP contribution in [0.2, 0.25) is 0 Å². The van der Waals surface area contributed by atoms with Gasteiger partial charge in [0.05, 0.1) is 17.2 Å². The van der Waals surface area contributed by atoms with Gasteiger partial charge in [0.25, 0.3) is 0 Å². The zero-order chi connectivity index (χ0) is 14.5. The Morgan fingerprint density at radius 3 is 2.75 bits per heavy atom. The van der Waals surface area contributed by atoms with Crippen LogP contribution in [0.3, 0.4) is 0 Å². The van der Waals surface area contributed by atoms with E-state index in [9.17, 15) is 4.79 Å². The summed E-state index contributed by atoms with van der Waals surface area (Å²) in [5.74, 6) is -0.713. The maximum Gasteiger partial charge on any atom is 0.337 e. The molecule has 2 aromatic rings. The van der Waals surface area contributed by atoms with E-state index in [0.717, 1.165) is 5.56 Å². The molecule has 2 aromatic carbocycles. The summed E-state index contributed by atoms with van der Waals surface area (Å²) in [5.41, 5.74) is 7.01. The van der Waals surface area contributed by atoms with Crippen molar-refractivity contribution in [2.45, 2.75) is 6.61 Å². The quantitative estimate of drug-likeness (QED) is 0.830. The Balaban J connectivity index is 2.18. The molecule has 0 aromatic heterocycles. The Kier molecular flexibility index (Phi) is 3.87. The van der Waals surface area contributed by atoms with Crippen LogP contribution in [0.25, 0.3) is 0 Å². The van der Waals surface area contributed by atoms with Crippen molar-refractivity contribution in [3.63, 3.8) is 0 Å². The number of aromatic carboxylic acids is 1. The largest absolute Gasteiger partial charge is 0.489 e. The number of benzene rings is 2. The highest BCUT2D eigenvalue weighted by molar-refractivity contribution is 5.94. The van der Waals surface area contributed by atoms with Crippen molar-refractivity contribution < 1.29 is 14.6 Å². The Hall–Kier alpha value is -3.00. The van der Waals surface area contributed by atoms with Gasteiger partial charge in [-0.1, -0.05) is 18.2 Å². The molecule has 0 fully saturated rings. The first-order chi connectivity index (χ1) is 9.61. The van der Waals surface area contributed by atoms with Crippen molar-refractivity contribution in [3.8, 4) is 11.8 Å². The lowest BCUT2D eigenvalue weighted by Gasteiger charge is -2.09. The van der Waals surface area contributed by atoms with Crippen molar-refractivity contribution in [3.05, 3.63) is 59.2 Å². The maximum atomic E-state index is 11.0. The topological polar surface area (TPSA) is 96.3 Å². The van der Waals surface area contributed by atoms with Crippen LogP contribution < -0.4 is 10.5 Å². The summed E-state index contributed by atoms with van der Waals surface area (Å²) in [4.78, 5) is 11.0. The number of nitrogens with zero attached hydrogens (tertiary/aromatic N) is 1. The molecule has 0 amide bonds. The van der Waals surface area contributed by atoms with Gasteiger partial charge in [0.2, 0.25) is 0 Å². The van der Waals surface area contributed by atoms with Crippen molar-refractivity contribution in [1.82, 2.24) is 0 Å². The zero-order valence-electron chi connectivity index (χ0n) is 10.5. The standard InChI is InChI=1S/C15H12N2O3/c16-8-10-3-1-2-4-11(10)9-20-12-5-6-14(17)13(7-12)15(18)19/h1-7H,9,17H2,(H,18,19). The van der Waals surface area contributed by atoms with E-state index in [1.54, 1.807) is 24.3 Å². The van der Waals surface area contributed by atoms with Crippen LogP contribution in [-0.2, 0) is 6.61 Å². The average molecular weight is 268 g/mol. The summed E-state index contributed by atoms with van der Waals surface area (Å²) in [7, 11) is 0. The number of carbonyl (C=O) groups is 1. The normalized spacial score (nSPS) is 9.75. The van der Waals surface area contributed by atoms with Gasteiger partial charge in [0.15, 0.2) is 0 Å². The first-order valence-electron chi connectivity index (χ1n) is 5.85. The fourth-order valence-corrected chi connectivity index (χ4v) is 1.73. The number of rotatable bonds is 4. The molecule has 2 rings (SSSR count). The van der Waals surface area contributed by atoms with E-state index in [2.05, 4.69) is 6.07 Å². The van der Waals surface area contributed by atoms with Gasteiger partial charge in [-0.3, -0.25) is 0 Å². The molecular formula is C15H12N2O3. The lowest BCUT2D eigenvalue weighted by atomic mass is 10.1. The Morgan fingerprint density at radius 2 is 2.05 bits per heavy atom.